The highest BCUT2D eigenvalue weighted by Gasteiger charge is 2.25. The van der Waals surface area contributed by atoms with Crippen molar-refractivity contribution in [2.24, 2.45) is 0 Å². The summed E-state index contributed by atoms with van der Waals surface area (Å²) in [6, 6.07) is 16.6. The molecule has 1 amide bonds. The predicted octanol–water partition coefficient (Wildman–Crippen LogP) is 4.23. The second-order valence-electron chi connectivity index (χ2n) is 5.68. The third-order valence-electron chi connectivity index (χ3n) is 4.06. The van der Waals surface area contributed by atoms with Crippen LogP contribution in [-0.4, -0.2) is 18.5 Å². The van der Waals surface area contributed by atoms with E-state index in [0.717, 1.165) is 23.1 Å². The van der Waals surface area contributed by atoms with Gasteiger partial charge in [-0.15, -0.1) is 0 Å². The molecule has 0 saturated carbocycles. The highest BCUT2D eigenvalue weighted by atomic mass is 79.9. The van der Waals surface area contributed by atoms with E-state index in [1.54, 1.807) is 0 Å². The molecule has 0 fully saturated rings. The number of benzene rings is 2. The van der Waals surface area contributed by atoms with Crippen LogP contribution in [0.4, 0.5) is 11.4 Å². The summed E-state index contributed by atoms with van der Waals surface area (Å²) in [6.45, 7) is 2.97. The fraction of sp³-hybridized carbons (Fsp3) is 0.278. The van der Waals surface area contributed by atoms with E-state index in [4.69, 9.17) is 0 Å². The van der Waals surface area contributed by atoms with Crippen LogP contribution in [0.5, 0.6) is 0 Å². The van der Waals surface area contributed by atoms with Crippen molar-refractivity contribution in [2.75, 3.05) is 16.8 Å². The van der Waals surface area contributed by atoms with Crippen LogP contribution >= 0.6 is 15.9 Å². The predicted molar refractivity (Wildman–Crippen MR) is 94.3 cm³/mol. The van der Waals surface area contributed by atoms with Gasteiger partial charge in [0.2, 0.25) is 5.91 Å². The number of fused-ring (bicyclic) bond motifs is 1. The van der Waals surface area contributed by atoms with E-state index in [-0.39, 0.29) is 5.91 Å². The summed E-state index contributed by atoms with van der Waals surface area (Å²) < 4.78 is 1.01. The minimum Gasteiger partial charge on any atom is -0.368 e. The number of nitrogens with one attached hydrogen (secondary N) is 1. The lowest BCUT2D eigenvalue weighted by molar-refractivity contribution is -0.116. The van der Waals surface area contributed by atoms with E-state index in [1.807, 2.05) is 24.3 Å². The molecule has 1 unspecified atom stereocenters. The van der Waals surface area contributed by atoms with Gasteiger partial charge >= 0.3 is 0 Å². The van der Waals surface area contributed by atoms with E-state index in [9.17, 15) is 4.79 Å². The van der Waals surface area contributed by atoms with Gasteiger partial charge in [0.25, 0.3) is 0 Å². The van der Waals surface area contributed by atoms with Crippen LogP contribution in [0.15, 0.2) is 53.0 Å². The molecular weight excluding hydrogens is 340 g/mol. The van der Waals surface area contributed by atoms with Gasteiger partial charge in [-0.2, -0.15) is 0 Å². The van der Waals surface area contributed by atoms with Crippen LogP contribution < -0.4 is 10.2 Å². The Labute approximate surface area is 139 Å². The molecule has 3 rings (SSSR count). The number of carbonyl (C=O) groups excluding carboxylic acids is 1. The van der Waals surface area contributed by atoms with Crippen molar-refractivity contribution in [3.05, 3.63) is 58.6 Å². The largest absolute Gasteiger partial charge is 0.368 e. The maximum atomic E-state index is 12.1. The molecule has 2 aromatic rings. The third-order valence-corrected chi connectivity index (χ3v) is 4.58. The molecule has 4 heteroatoms. The standard InChI is InChI=1S/C18H19BrN2O/c1-13-12-14-4-2-3-5-17(14)21(13)11-10-18(22)20-16-8-6-15(19)7-9-16/h2-9,13H,10-12H2,1H3,(H,20,22). The lowest BCUT2D eigenvalue weighted by Gasteiger charge is -2.24. The van der Waals surface area contributed by atoms with Crippen LogP contribution in [0.2, 0.25) is 0 Å². The molecule has 1 aliphatic heterocycles. The summed E-state index contributed by atoms with van der Waals surface area (Å²) >= 11 is 3.39. The first-order valence-corrected chi connectivity index (χ1v) is 8.33. The zero-order chi connectivity index (χ0) is 15.5. The Morgan fingerprint density at radius 1 is 1.23 bits per heavy atom. The van der Waals surface area contributed by atoms with Crippen molar-refractivity contribution in [1.29, 1.82) is 0 Å². The molecule has 22 heavy (non-hydrogen) atoms. The first-order chi connectivity index (χ1) is 10.6. The van der Waals surface area contributed by atoms with Crippen LogP contribution in [0.25, 0.3) is 0 Å². The summed E-state index contributed by atoms with van der Waals surface area (Å²) in [5.74, 6) is 0.0545. The Morgan fingerprint density at radius 2 is 1.95 bits per heavy atom. The molecule has 1 atom stereocenters. The smallest absolute Gasteiger partial charge is 0.226 e. The first kappa shape index (κ1) is 15.1. The van der Waals surface area contributed by atoms with Crippen molar-refractivity contribution < 1.29 is 4.79 Å². The number of amides is 1. The van der Waals surface area contributed by atoms with Crippen molar-refractivity contribution in [3.63, 3.8) is 0 Å². The van der Waals surface area contributed by atoms with Gasteiger partial charge in [-0.1, -0.05) is 34.1 Å². The zero-order valence-corrected chi connectivity index (χ0v) is 14.1. The highest BCUT2D eigenvalue weighted by molar-refractivity contribution is 9.10. The number of rotatable bonds is 4. The number of nitrogens with zero attached hydrogens (tertiary/aromatic N) is 1. The third kappa shape index (κ3) is 3.33. The minimum absolute atomic E-state index is 0.0545. The molecule has 1 N–H and O–H groups in total. The average Bonchev–Trinajstić information content (AvgIpc) is 2.83. The van der Waals surface area contributed by atoms with Crippen molar-refractivity contribution in [2.45, 2.75) is 25.8 Å². The zero-order valence-electron chi connectivity index (χ0n) is 12.6. The van der Waals surface area contributed by atoms with E-state index in [0.29, 0.717) is 12.5 Å². The maximum Gasteiger partial charge on any atom is 0.226 e. The Bertz CT molecular complexity index is 669. The number of carbonyl (C=O) groups is 1. The molecule has 0 bridgehead atoms. The molecule has 2 aromatic carbocycles. The monoisotopic (exact) mass is 358 g/mol. The summed E-state index contributed by atoms with van der Waals surface area (Å²) in [5.41, 5.74) is 3.48. The van der Waals surface area contributed by atoms with Crippen molar-refractivity contribution in [3.8, 4) is 0 Å². The number of anilines is 2. The lowest BCUT2D eigenvalue weighted by atomic mass is 10.1. The van der Waals surface area contributed by atoms with Crippen LogP contribution in [0, 0.1) is 0 Å². The fourth-order valence-electron chi connectivity index (χ4n) is 2.95. The first-order valence-electron chi connectivity index (χ1n) is 7.53. The Morgan fingerprint density at radius 3 is 2.73 bits per heavy atom. The molecular formula is C18H19BrN2O. The summed E-state index contributed by atoms with van der Waals surface area (Å²) in [5, 5.41) is 2.95. The SMILES string of the molecule is CC1Cc2ccccc2N1CCC(=O)Nc1ccc(Br)cc1. The fourth-order valence-corrected chi connectivity index (χ4v) is 3.21. The van der Waals surface area contributed by atoms with Gasteiger partial charge in [-0.25, -0.2) is 0 Å². The highest BCUT2D eigenvalue weighted by Crippen LogP contribution is 2.31. The van der Waals surface area contributed by atoms with Gasteiger partial charge in [0, 0.05) is 34.9 Å². The summed E-state index contributed by atoms with van der Waals surface area (Å²) in [7, 11) is 0. The lowest BCUT2D eigenvalue weighted by Crippen LogP contribution is -2.32. The van der Waals surface area contributed by atoms with E-state index >= 15 is 0 Å². The van der Waals surface area contributed by atoms with Crippen molar-refractivity contribution >= 4 is 33.2 Å². The average molecular weight is 359 g/mol. The van der Waals surface area contributed by atoms with Crippen molar-refractivity contribution in [1.82, 2.24) is 0 Å². The molecule has 0 aromatic heterocycles. The Balaban J connectivity index is 1.58. The Kier molecular flexibility index (Phi) is 4.48. The topological polar surface area (TPSA) is 32.3 Å². The molecule has 1 aliphatic rings. The quantitative estimate of drug-likeness (QED) is 0.886. The summed E-state index contributed by atoms with van der Waals surface area (Å²) in [4.78, 5) is 14.5. The molecule has 0 spiro atoms. The molecule has 1 heterocycles. The minimum atomic E-state index is 0.0545. The summed E-state index contributed by atoms with van der Waals surface area (Å²) in [6.07, 6.45) is 1.55. The number of hydrogen-bond donors (Lipinski definition) is 1. The molecule has 3 nitrogen and oxygen atoms in total. The van der Waals surface area contributed by atoms with Crippen LogP contribution in [-0.2, 0) is 11.2 Å². The Hall–Kier alpha value is -1.81. The number of halogens is 1. The normalized spacial score (nSPS) is 16.5. The van der Waals surface area contributed by atoms with Gasteiger partial charge in [0.05, 0.1) is 0 Å². The van der Waals surface area contributed by atoms with E-state index in [1.165, 1.54) is 11.3 Å². The van der Waals surface area contributed by atoms with Gasteiger partial charge < -0.3 is 10.2 Å². The van der Waals surface area contributed by atoms with Gasteiger partial charge in [0.15, 0.2) is 0 Å². The molecule has 0 radical (unpaired) electrons. The molecule has 114 valence electrons. The number of para-hydroxylation sites is 1. The maximum absolute atomic E-state index is 12.1. The molecule has 0 aliphatic carbocycles. The number of hydrogen-bond acceptors (Lipinski definition) is 2. The second kappa shape index (κ2) is 6.53. The second-order valence-corrected chi connectivity index (χ2v) is 6.60. The van der Waals surface area contributed by atoms with Gasteiger partial charge in [-0.3, -0.25) is 4.79 Å². The molecule has 0 saturated heterocycles. The van der Waals surface area contributed by atoms with Crippen LogP contribution in [0.1, 0.15) is 18.9 Å². The van der Waals surface area contributed by atoms with Gasteiger partial charge in [0.1, 0.15) is 0 Å². The van der Waals surface area contributed by atoms with Crippen LogP contribution in [0.3, 0.4) is 0 Å². The van der Waals surface area contributed by atoms with E-state index in [2.05, 4.69) is 57.3 Å². The van der Waals surface area contributed by atoms with Gasteiger partial charge in [-0.05, 0) is 49.2 Å². The van der Waals surface area contributed by atoms with E-state index < -0.39 is 0 Å².